The third-order valence-electron chi connectivity index (χ3n) is 7.07. The zero-order valence-corrected chi connectivity index (χ0v) is 25.5. The topological polar surface area (TPSA) is 74.4 Å². The molecule has 0 radical (unpaired) electrons. The highest BCUT2D eigenvalue weighted by Gasteiger charge is 2.24. The lowest BCUT2D eigenvalue weighted by Crippen LogP contribution is -2.32. The summed E-state index contributed by atoms with van der Waals surface area (Å²) in [5.74, 6) is 0.250. The Hall–Kier alpha value is -2.80. The summed E-state index contributed by atoms with van der Waals surface area (Å²) >= 11 is 3.65. The van der Waals surface area contributed by atoms with Crippen LogP contribution in [-0.4, -0.2) is 35.6 Å². The van der Waals surface area contributed by atoms with E-state index in [1.54, 1.807) is 0 Å². The predicted molar refractivity (Wildman–Crippen MR) is 162 cm³/mol. The molecule has 7 heteroatoms. The maximum absolute atomic E-state index is 13.4. The lowest BCUT2D eigenvalue weighted by atomic mass is 9.94. The predicted octanol–water partition coefficient (Wildman–Crippen LogP) is 7.25. The first-order valence-corrected chi connectivity index (χ1v) is 14.9. The minimum atomic E-state index is -0.489. The minimum Gasteiger partial charge on any atom is -0.460 e. The Balaban J connectivity index is 1.48. The highest BCUT2D eigenvalue weighted by molar-refractivity contribution is 9.10. The van der Waals surface area contributed by atoms with E-state index >= 15 is 0 Å². The van der Waals surface area contributed by atoms with E-state index in [9.17, 15) is 9.59 Å². The van der Waals surface area contributed by atoms with E-state index in [4.69, 9.17) is 4.74 Å². The van der Waals surface area contributed by atoms with Gasteiger partial charge in [0.2, 0.25) is 5.91 Å². The highest BCUT2D eigenvalue weighted by Crippen LogP contribution is 2.35. The molecule has 1 unspecified atom stereocenters. The molecule has 1 saturated heterocycles. The molecule has 2 N–H and O–H groups in total. The fraction of sp³-hybridized carbons (Fsp3) is 0.500. The number of esters is 1. The number of aromatic amines is 1. The fourth-order valence-electron chi connectivity index (χ4n) is 5.38. The Morgan fingerprint density at radius 1 is 1.10 bits per heavy atom. The van der Waals surface area contributed by atoms with Crippen LogP contribution < -0.4 is 10.2 Å². The van der Waals surface area contributed by atoms with Gasteiger partial charge in [-0.15, -0.1) is 0 Å². The van der Waals surface area contributed by atoms with Crippen LogP contribution in [0.3, 0.4) is 0 Å². The Labute approximate surface area is 241 Å². The lowest BCUT2D eigenvalue weighted by Gasteiger charge is -2.28. The van der Waals surface area contributed by atoms with Gasteiger partial charge in [-0.25, -0.2) is 0 Å². The first-order valence-electron chi connectivity index (χ1n) is 14.1. The summed E-state index contributed by atoms with van der Waals surface area (Å²) in [4.78, 5) is 31.4. The second kappa shape index (κ2) is 12.6. The third-order valence-corrected chi connectivity index (χ3v) is 7.57. The molecule has 1 atom stereocenters. The van der Waals surface area contributed by atoms with Gasteiger partial charge in [0, 0.05) is 46.8 Å². The normalized spacial score (nSPS) is 14.7. The second-order valence-corrected chi connectivity index (χ2v) is 13.0. The largest absolute Gasteiger partial charge is 0.460 e. The van der Waals surface area contributed by atoms with Gasteiger partial charge in [-0.2, -0.15) is 0 Å². The Kier molecular flexibility index (Phi) is 9.42. The van der Waals surface area contributed by atoms with Crippen molar-refractivity contribution in [3.8, 4) is 0 Å². The van der Waals surface area contributed by atoms with Crippen molar-refractivity contribution in [1.82, 2.24) is 10.3 Å². The number of carbonyl (C=O) groups is 2. The Bertz CT molecular complexity index is 1300. The number of anilines is 1. The maximum atomic E-state index is 13.4. The molecule has 0 spiro atoms. The van der Waals surface area contributed by atoms with E-state index < -0.39 is 5.60 Å². The summed E-state index contributed by atoms with van der Waals surface area (Å²) in [6.07, 6.45) is 6.44. The highest BCUT2D eigenvalue weighted by atomic mass is 79.9. The molecule has 3 aromatic rings. The van der Waals surface area contributed by atoms with Gasteiger partial charge >= 0.3 is 5.97 Å². The zero-order chi connectivity index (χ0) is 28.2. The van der Waals surface area contributed by atoms with Crippen molar-refractivity contribution in [3.63, 3.8) is 0 Å². The van der Waals surface area contributed by atoms with Crippen molar-refractivity contribution in [2.75, 3.05) is 18.0 Å². The molecule has 1 aliphatic heterocycles. The van der Waals surface area contributed by atoms with Crippen LogP contribution in [0.1, 0.15) is 83.0 Å². The number of amides is 1. The van der Waals surface area contributed by atoms with Crippen LogP contribution in [0, 0.1) is 5.92 Å². The molecule has 0 bridgehead atoms. The number of hydrogen-bond donors (Lipinski definition) is 2. The molecule has 6 nitrogen and oxygen atoms in total. The minimum absolute atomic E-state index is 0.0149. The third kappa shape index (κ3) is 8.10. The Morgan fingerprint density at radius 3 is 2.54 bits per heavy atom. The number of fused-ring (bicyclic) bond motifs is 1. The van der Waals surface area contributed by atoms with Gasteiger partial charge < -0.3 is 19.9 Å². The molecule has 0 aliphatic carbocycles. The van der Waals surface area contributed by atoms with Gasteiger partial charge in [-0.1, -0.05) is 41.9 Å². The van der Waals surface area contributed by atoms with Crippen LogP contribution in [-0.2, 0) is 27.2 Å². The van der Waals surface area contributed by atoms with Crippen molar-refractivity contribution < 1.29 is 14.3 Å². The lowest BCUT2D eigenvalue weighted by molar-refractivity contribution is -0.154. The average molecular weight is 597 g/mol. The first kappa shape index (κ1) is 29.2. The number of hydrogen-bond acceptors (Lipinski definition) is 4. The van der Waals surface area contributed by atoms with Gasteiger partial charge in [0.05, 0.1) is 12.5 Å². The molecule has 2 aromatic carbocycles. The molecule has 2 heterocycles. The summed E-state index contributed by atoms with van der Waals surface area (Å²) in [5, 5.41) is 4.41. The molecular weight excluding hydrogens is 554 g/mol. The van der Waals surface area contributed by atoms with Gasteiger partial charge in [0.25, 0.3) is 0 Å². The summed E-state index contributed by atoms with van der Waals surface area (Å²) in [5.41, 5.74) is 4.93. The number of aromatic nitrogens is 1. The standard InChI is InChI=1S/C32H42BrN3O3/c1-21(2)16-28(25-11-10-24(33)19-29(25)36-14-6-7-15-36)35-30(37)18-22-8-12-27-26(17-22)23(20-34-27)9-13-31(38)39-32(3,4)5/h8,10-12,17,19-21,28,34H,6-7,9,13-16,18H2,1-5H3,(H,35,37). The summed E-state index contributed by atoms with van der Waals surface area (Å²) in [6, 6.07) is 12.5. The number of benzene rings is 2. The molecule has 210 valence electrons. The first-order chi connectivity index (χ1) is 18.5. The quantitative estimate of drug-likeness (QED) is 0.242. The molecule has 1 amide bonds. The maximum Gasteiger partial charge on any atom is 0.306 e. The van der Waals surface area contributed by atoms with E-state index in [2.05, 4.69) is 69.2 Å². The van der Waals surface area contributed by atoms with Crippen molar-refractivity contribution in [1.29, 1.82) is 0 Å². The number of nitrogens with one attached hydrogen (secondary N) is 2. The van der Waals surface area contributed by atoms with E-state index in [1.165, 1.54) is 24.1 Å². The van der Waals surface area contributed by atoms with Gasteiger partial charge in [-0.3, -0.25) is 9.59 Å². The van der Waals surface area contributed by atoms with E-state index in [0.29, 0.717) is 25.2 Å². The van der Waals surface area contributed by atoms with Crippen molar-refractivity contribution >= 4 is 44.4 Å². The van der Waals surface area contributed by atoms with E-state index in [-0.39, 0.29) is 17.9 Å². The van der Waals surface area contributed by atoms with Crippen LogP contribution in [0.4, 0.5) is 5.69 Å². The number of aryl methyl sites for hydroxylation is 1. The molecule has 1 aromatic heterocycles. The smallest absolute Gasteiger partial charge is 0.306 e. The SMILES string of the molecule is CC(C)CC(NC(=O)Cc1ccc2[nH]cc(CCC(=O)OC(C)(C)C)c2c1)c1ccc(Br)cc1N1CCCC1. The molecular formula is C32H42BrN3O3. The van der Waals surface area contributed by atoms with Crippen molar-refractivity contribution in [2.45, 2.75) is 84.8 Å². The summed E-state index contributed by atoms with van der Waals surface area (Å²) < 4.78 is 6.53. The number of nitrogens with zero attached hydrogens (tertiary/aromatic N) is 1. The van der Waals surface area contributed by atoms with Gasteiger partial charge in [0.15, 0.2) is 0 Å². The van der Waals surface area contributed by atoms with Crippen LogP contribution in [0.5, 0.6) is 0 Å². The Morgan fingerprint density at radius 2 is 1.85 bits per heavy atom. The van der Waals surface area contributed by atoms with Gasteiger partial charge in [0.1, 0.15) is 5.60 Å². The summed E-state index contributed by atoms with van der Waals surface area (Å²) in [6.45, 7) is 12.1. The number of carbonyl (C=O) groups excluding carboxylic acids is 2. The molecule has 0 saturated carbocycles. The fourth-order valence-corrected chi connectivity index (χ4v) is 5.73. The van der Waals surface area contributed by atoms with Crippen LogP contribution >= 0.6 is 15.9 Å². The number of rotatable bonds is 10. The van der Waals surface area contributed by atoms with Crippen LogP contribution in [0.25, 0.3) is 10.9 Å². The van der Waals surface area contributed by atoms with E-state index in [0.717, 1.165) is 46.0 Å². The number of ether oxygens (including phenoxy) is 1. The molecule has 39 heavy (non-hydrogen) atoms. The molecule has 1 fully saturated rings. The van der Waals surface area contributed by atoms with Crippen molar-refractivity contribution in [2.24, 2.45) is 5.92 Å². The molecule has 1 aliphatic rings. The summed E-state index contributed by atoms with van der Waals surface area (Å²) in [7, 11) is 0. The van der Waals surface area contributed by atoms with Crippen molar-refractivity contribution in [3.05, 3.63) is 63.8 Å². The number of halogens is 1. The van der Waals surface area contributed by atoms with E-state index in [1.807, 2.05) is 39.1 Å². The number of H-pyrrole nitrogens is 1. The zero-order valence-electron chi connectivity index (χ0n) is 23.9. The van der Waals surface area contributed by atoms with Gasteiger partial charge in [-0.05, 0) is 93.3 Å². The second-order valence-electron chi connectivity index (χ2n) is 12.1. The van der Waals surface area contributed by atoms with Crippen LogP contribution in [0.15, 0.2) is 47.1 Å². The van der Waals surface area contributed by atoms with Crippen LogP contribution in [0.2, 0.25) is 0 Å². The molecule has 4 rings (SSSR count). The average Bonchev–Trinajstić information content (AvgIpc) is 3.51. The monoisotopic (exact) mass is 595 g/mol.